The monoisotopic (exact) mass is 449 g/mol. The van der Waals surface area contributed by atoms with E-state index in [0.29, 0.717) is 37.4 Å². The molecular weight excluding hydrogens is 422 g/mol. The lowest BCUT2D eigenvalue weighted by Crippen LogP contribution is -2.44. The summed E-state index contributed by atoms with van der Waals surface area (Å²) in [6.07, 6.45) is 5.72. The van der Waals surface area contributed by atoms with Gasteiger partial charge in [0.2, 0.25) is 0 Å². The SMILES string of the molecule is COc1ccc2nccc(C(O)CC[C@@H]3CCN(CC#Cc4cnco4)C[C@@H]3C(=O)O)c2c1. The van der Waals surface area contributed by atoms with Crippen molar-refractivity contribution >= 4 is 16.9 Å². The molecule has 8 heteroatoms. The Morgan fingerprint density at radius 1 is 1.39 bits per heavy atom. The normalized spacial score (nSPS) is 19.6. The van der Waals surface area contributed by atoms with E-state index in [1.807, 2.05) is 24.3 Å². The maximum atomic E-state index is 12.0. The standard InChI is InChI=1S/C25H27N3O5/c1-32-18-5-6-23-21(13-18)20(8-10-27-23)24(29)7-4-17-9-12-28(15-22(17)25(30)31)11-2-3-19-14-26-16-33-19/h5-6,8,10,13-14,16-17,22,24,29H,4,7,9,11-12,15H2,1H3,(H,30,31)/t17-,22+,24?/m1/s1. The van der Waals surface area contributed by atoms with Crippen LogP contribution in [0.15, 0.2) is 47.5 Å². The Bertz CT molecular complexity index is 1150. The molecule has 0 aliphatic carbocycles. The van der Waals surface area contributed by atoms with Crippen molar-refractivity contribution in [3.8, 4) is 17.6 Å². The molecule has 2 N–H and O–H groups in total. The summed E-state index contributed by atoms with van der Waals surface area (Å²) in [6, 6.07) is 7.40. The fourth-order valence-corrected chi connectivity index (χ4v) is 4.44. The fraction of sp³-hybridized carbons (Fsp3) is 0.400. The molecule has 3 aromatic rings. The molecule has 0 bridgehead atoms. The first-order valence-electron chi connectivity index (χ1n) is 11.0. The summed E-state index contributed by atoms with van der Waals surface area (Å²) in [5.74, 6) is 5.81. The number of likely N-dealkylation sites (tertiary alicyclic amines) is 1. The first-order chi connectivity index (χ1) is 16.0. The van der Waals surface area contributed by atoms with E-state index in [9.17, 15) is 15.0 Å². The molecule has 8 nitrogen and oxygen atoms in total. The summed E-state index contributed by atoms with van der Waals surface area (Å²) < 4.78 is 10.4. The minimum atomic E-state index is -0.804. The molecule has 3 atom stereocenters. The van der Waals surface area contributed by atoms with Gasteiger partial charge in [0.15, 0.2) is 12.2 Å². The number of piperidine rings is 1. The van der Waals surface area contributed by atoms with Crippen LogP contribution in [0.4, 0.5) is 0 Å². The van der Waals surface area contributed by atoms with Crippen LogP contribution in [-0.4, -0.2) is 57.8 Å². The van der Waals surface area contributed by atoms with Gasteiger partial charge in [-0.3, -0.25) is 14.7 Å². The van der Waals surface area contributed by atoms with Crippen LogP contribution in [0, 0.1) is 23.7 Å². The maximum absolute atomic E-state index is 12.0. The zero-order valence-corrected chi connectivity index (χ0v) is 18.5. The first-order valence-corrected chi connectivity index (χ1v) is 11.0. The zero-order chi connectivity index (χ0) is 23.2. The van der Waals surface area contributed by atoms with Gasteiger partial charge in [-0.15, -0.1) is 0 Å². The van der Waals surface area contributed by atoms with Crippen molar-refractivity contribution in [2.75, 3.05) is 26.7 Å². The number of nitrogens with zero attached hydrogens (tertiary/aromatic N) is 3. The van der Waals surface area contributed by atoms with Gasteiger partial charge in [0, 0.05) is 18.1 Å². The van der Waals surface area contributed by atoms with Crippen molar-refractivity contribution in [1.29, 1.82) is 0 Å². The number of carboxylic acid groups (broad SMARTS) is 1. The highest BCUT2D eigenvalue weighted by atomic mass is 16.5. The average molecular weight is 450 g/mol. The van der Waals surface area contributed by atoms with E-state index in [4.69, 9.17) is 9.15 Å². The van der Waals surface area contributed by atoms with E-state index in [1.165, 1.54) is 6.39 Å². The summed E-state index contributed by atoms with van der Waals surface area (Å²) in [6.45, 7) is 1.69. The predicted molar refractivity (Wildman–Crippen MR) is 122 cm³/mol. The van der Waals surface area contributed by atoms with Crippen LogP contribution in [0.5, 0.6) is 5.75 Å². The number of oxazole rings is 1. The molecule has 1 aromatic carbocycles. The molecule has 0 spiro atoms. The molecule has 0 radical (unpaired) electrons. The number of carbonyl (C=O) groups is 1. The van der Waals surface area contributed by atoms with Crippen molar-refractivity contribution in [2.24, 2.45) is 11.8 Å². The van der Waals surface area contributed by atoms with E-state index in [2.05, 4.69) is 26.7 Å². The van der Waals surface area contributed by atoms with Crippen molar-refractivity contribution in [3.63, 3.8) is 0 Å². The minimum Gasteiger partial charge on any atom is -0.497 e. The number of hydrogen-bond donors (Lipinski definition) is 2. The molecule has 0 saturated carbocycles. The van der Waals surface area contributed by atoms with Crippen LogP contribution in [0.25, 0.3) is 10.9 Å². The third kappa shape index (κ3) is 5.51. The van der Waals surface area contributed by atoms with Crippen molar-refractivity contribution in [2.45, 2.75) is 25.4 Å². The molecule has 4 rings (SSSR count). The third-order valence-electron chi connectivity index (χ3n) is 6.26. The highest BCUT2D eigenvalue weighted by Crippen LogP contribution is 2.33. The van der Waals surface area contributed by atoms with Crippen LogP contribution < -0.4 is 4.74 Å². The Balaban J connectivity index is 1.38. The first kappa shape index (κ1) is 22.8. The Morgan fingerprint density at radius 3 is 3.03 bits per heavy atom. The number of carboxylic acids is 1. The third-order valence-corrected chi connectivity index (χ3v) is 6.26. The van der Waals surface area contributed by atoms with Crippen LogP contribution in [0.1, 0.15) is 36.7 Å². The number of hydrogen-bond acceptors (Lipinski definition) is 7. The van der Waals surface area contributed by atoms with Crippen LogP contribution in [-0.2, 0) is 4.79 Å². The number of ether oxygens (including phenoxy) is 1. The van der Waals surface area contributed by atoms with Crippen molar-refractivity contribution in [1.82, 2.24) is 14.9 Å². The lowest BCUT2D eigenvalue weighted by Gasteiger charge is -2.36. The number of rotatable bonds is 7. The van der Waals surface area contributed by atoms with E-state index in [1.54, 1.807) is 19.5 Å². The number of methoxy groups -OCH3 is 1. The zero-order valence-electron chi connectivity index (χ0n) is 18.5. The second-order valence-electron chi connectivity index (χ2n) is 8.27. The van der Waals surface area contributed by atoms with Crippen LogP contribution in [0.3, 0.4) is 0 Å². The predicted octanol–water partition coefficient (Wildman–Crippen LogP) is 3.12. The van der Waals surface area contributed by atoms with Gasteiger partial charge < -0.3 is 19.4 Å². The van der Waals surface area contributed by atoms with Gasteiger partial charge in [-0.05, 0) is 67.5 Å². The van der Waals surface area contributed by atoms with Gasteiger partial charge in [-0.25, -0.2) is 4.98 Å². The number of aliphatic hydroxyl groups is 1. The summed E-state index contributed by atoms with van der Waals surface area (Å²) in [4.78, 5) is 22.2. The van der Waals surface area contributed by atoms with Crippen molar-refractivity contribution < 1.29 is 24.2 Å². The molecule has 1 saturated heterocycles. The smallest absolute Gasteiger partial charge is 0.308 e. The number of fused-ring (bicyclic) bond motifs is 1. The molecule has 1 aliphatic heterocycles. The lowest BCUT2D eigenvalue weighted by molar-refractivity contribution is -0.146. The average Bonchev–Trinajstić information content (AvgIpc) is 3.35. The van der Waals surface area contributed by atoms with Crippen LogP contribution in [0.2, 0.25) is 0 Å². The van der Waals surface area contributed by atoms with Crippen LogP contribution >= 0.6 is 0 Å². The molecule has 1 unspecified atom stereocenters. The number of aromatic nitrogens is 2. The molecule has 3 heterocycles. The van der Waals surface area contributed by atoms with Gasteiger partial charge in [0.25, 0.3) is 0 Å². The highest BCUT2D eigenvalue weighted by molar-refractivity contribution is 5.83. The summed E-state index contributed by atoms with van der Waals surface area (Å²) in [5.41, 5.74) is 1.57. The topological polar surface area (TPSA) is 109 Å². The number of aliphatic carboxylic acids is 1. The Morgan fingerprint density at radius 2 is 2.27 bits per heavy atom. The number of pyridine rings is 1. The molecular formula is C25H27N3O5. The van der Waals surface area contributed by atoms with Crippen molar-refractivity contribution in [3.05, 3.63) is 54.4 Å². The summed E-state index contributed by atoms with van der Waals surface area (Å²) in [7, 11) is 1.60. The summed E-state index contributed by atoms with van der Waals surface area (Å²) in [5, 5.41) is 21.6. The Kier molecular flexibility index (Phi) is 7.23. The molecule has 0 amide bonds. The molecule has 33 heavy (non-hydrogen) atoms. The molecule has 1 aliphatic rings. The minimum absolute atomic E-state index is 0.00160. The highest BCUT2D eigenvalue weighted by Gasteiger charge is 2.34. The largest absolute Gasteiger partial charge is 0.497 e. The van der Waals surface area contributed by atoms with Gasteiger partial charge >= 0.3 is 5.97 Å². The van der Waals surface area contributed by atoms with Gasteiger partial charge in [-0.1, -0.05) is 5.92 Å². The van der Waals surface area contributed by atoms with E-state index in [0.717, 1.165) is 29.4 Å². The number of aliphatic hydroxyl groups excluding tert-OH is 1. The lowest BCUT2D eigenvalue weighted by atomic mass is 9.81. The molecule has 1 fully saturated rings. The van der Waals surface area contributed by atoms with Gasteiger partial charge in [-0.2, -0.15) is 0 Å². The second-order valence-corrected chi connectivity index (χ2v) is 8.27. The van der Waals surface area contributed by atoms with Gasteiger partial charge in [0.05, 0.1) is 37.4 Å². The Labute approximate surface area is 192 Å². The van der Waals surface area contributed by atoms with E-state index < -0.39 is 18.0 Å². The molecule has 172 valence electrons. The molecule has 2 aromatic heterocycles. The Hall–Kier alpha value is -3.41. The summed E-state index contributed by atoms with van der Waals surface area (Å²) >= 11 is 0. The number of benzene rings is 1. The fourth-order valence-electron chi connectivity index (χ4n) is 4.44. The second kappa shape index (κ2) is 10.5. The van der Waals surface area contributed by atoms with Gasteiger partial charge in [0.1, 0.15) is 5.75 Å². The van der Waals surface area contributed by atoms with E-state index in [-0.39, 0.29) is 5.92 Å². The van der Waals surface area contributed by atoms with E-state index >= 15 is 0 Å². The quantitative estimate of drug-likeness (QED) is 0.530. The maximum Gasteiger partial charge on any atom is 0.308 e.